The molecule has 56 heavy (non-hydrogen) atoms. The highest BCUT2D eigenvalue weighted by molar-refractivity contribution is 7.80. The zero-order chi connectivity index (χ0) is 42.4. The molecule has 7 amide bonds. The molecule has 0 fully saturated rings. The first-order valence-corrected chi connectivity index (χ1v) is 21.6. The Balaban J connectivity index is 0. The fourth-order valence-electron chi connectivity index (χ4n) is 5.05. The van der Waals surface area contributed by atoms with E-state index in [1.807, 2.05) is 0 Å². The zero-order valence-corrected chi connectivity index (χ0v) is 36.0. The molecule has 0 unspecified atom stereocenters. The Morgan fingerprint density at radius 2 is 0.929 bits per heavy atom. The third-order valence-corrected chi connectivity index (χ3v) is 8.85. The van der Waals surface area contributed by atoms with Crippen LogP contribution < -0.4 is 37.6 Å². The van der Waals surface area contributed by atoms with Crippen LogP contribution in [0.4, 0.5) is 0 Å². The molecule has 0 rings (SSSR count). The Morgan fingerprint density at radius 3 is 1.30 bits per heavy atom. The molecule has 21 heteroatoms. The molecule has 0 aliphatic rings. The summed E-state index contributed by atoms with van der Waals surface area (Å²) in [7, 11) is 0. The van der Waals surface area contributed by atoms with Gasteiger partial charge in [-0.05, 0) is 80.9 Å². The molecule has 9 N–H and O–H groups in total. The molecule has 2 atom stereocenters. The van der Waals surface area contributed by atoms with Crippen LogP contribution in [-0.4, -0.2) is 139 Å². The minimum Gasteiger partial charge on any atom is -0.483 e. The number of hydrogen-bond acceptors (Lipinski definition) is 13. The van der Waals surface area contributed by atoms with Crippen LogP contribution in [0.5, 0.6) is 0 Å². The second-order valence-electron chi connectivity index (χ2n) is 12.5. The first-order valence-electron chi connectivity index (χ1n) is 19.1. The number of hydrogen-bond donors (Lipinski definition) is 12. The number of thiol groups is 4. The Labute approximate surface area is 353 Å². The molecule has 0 bridgehead atoms. The summed E-state index contributed by atoms with van der Waals surface area (Å²) in [4.78, 5) is 97.5. The third-order valence-electron chi connectivity index (χ3n) is 7.95. The third kappa shape index (κ3) is 32.2. The van der Waals surface area contributed by atoms with Crippen molar-refractivity contribution in [3.63, 3.8) is 0 Å². The van der Waals surface area contributed by atoms with Gasteiger partial charge in [-0.15, -0.1) is 0 Å². The van der Waals surface area contributed by atoms with Crippen molar-refractivity contribution in [3.8, 4) is 0 Å². The number of carbonyl (C=O) groups excluding carboxylic acids is 7. The second kappa shape index (κ2) is 39.0. The average Bonchev–Trinajstić information content (AvgIpc) is 3.15. The fourth-order valence-corrected chi connectivity index (χ4v) is 5.86. The van der Waals surface area contributed by atoms with Gasteiger partial charge in [0.25, 0.3) is 6.47 Å². The molecule has 17 nitrogen and oxygen atoms in total. The smallest absolute Gasteiger partial charge is 0.290 e. The van der Waals surface area contributed by atoms with Crippen molar-refractivity contribution in [1.82, 2.24) is 36.8 Å². The molecule has 0 spiro atoms. The van der Waals surface area contributed by atoms with Gasteiger partial charge in [0.2, 0.25) is 41.4 Å². The second-order valence-corrected chi connectivity index (χ2v) is 14.3. The largest absolute Gasteiger partial charge is 0.483 e. The molecular formula is C35H66N8O9S4. The lowest BCUT2D eigenvalue weighted by molar-refractivity contribution is -0.132. The van der Waals surface area contributed by atoms with Crippen molar-refractivity contribution in [2.45, 2.75) is 102 Å². The summed E-state index contributed by atoms with van der Waals surface area (Å²) < 4.78 is 0. The molecule has 0 heterocycles. The topological polar surface area (TPSA) is 258 Å². The van der Waals surface area contributed by atoms with Crippen LogP contribution in [0.3, 0.4) is 0 Å². The van der Waals surface area contributed by atoms with Gasteiger partial charge in [-0.2, -0.15) is 50.5 Å². The van der Waals surface area contributed by atoms with Gasteiger partial charge in [0.1, 0.15) is 12.1 Å². The Bertz CT molecular complexity index is 1070. The van der Waals surface area contributed by atoms with Crippen LogP contribution in [0, 0.1) is 0 Å². The van der Waals surface area contributed by atoms with Crippen LogP contribution in [0.2, 0.25) is 0 Å². The van der Waals surface area contributed by atoms with Crippen molar-refractivity contribution >= 4 is 98.3 Å². The van der Waals surface area contributed by atoms with Crippen molar-refractivity contribution in [1.29, 1.82) is 0 Å². The average molecular weight is 871 g/mol. The van der Waals surface area contributed by atoms with Gasteiger partial charge in [0.05, 0.1) is 0 Å². The van der Waals surface area contributed by atoms with E-state index >= 15 is 0 Å². The van der Waals surface area contributed by atoms with E-state index in [1.54, 1.807) is 4.90 Å². The number of carboxylic acid groups (broad SMARTS) is 1. The lowest BCUT2D eigenvalue weighted by Gasteiger charge is -2.25. The van der Waals surface area contributed by atoms with Crippen LogP contribution >= 0.6 is 50.5 Å². The summed E-state index contributed by atoms with van der Waals surface area (Å²) in [6.45, 7) is 1.76. The predicted octanol–water partition coefficient (Wildman–Crippen LogP) is 0.0895. The number of nitrogens with one attached hydrogen (secondary N) is 6. The fraction of sp³-hybridized carbons (Fsp3) is 0.771. The van der Waals surface area contributed by atoms with Crippen LogP contribution in [0.25, 0.3) is 0 Å². The molecule has 0 saturated heterocycles. The van der Waals surface area contributed by atoms with Gasteiger partial charge in [0.15, 0.2) is 0 Å². The minimum atomic E-state index is -0.797. The standard InChI is InChI=1S/C34H64N8O7S4.CH2O2/c35-15-5-1-2-10-32(47)42(20-18-38-33(48)26(40-30(45)13-24-52)8-3-6-16-36-28(43)11-22-50)21-19-39-34(49)27(41-31(46)14-25-53)9-4-7-17-37-29(44)12-23-51;2-1-3/h26-27,50-53H,1-25,35H2,(H,36,43)(H,37,44)(H,38,48)(H,39,49)(H,40,45)(H,41,46);1H,(H,2,3)/t26-,27-;/m0./s1. The van der Waals surface area contributed by atoms with Crippen LogP contribution in [0.1, 0.15) is 89.9 Å². The number of nitrogens with zero attached hydrogens (tertiary/aromatic N) is 1. The van der Waals surface area contributed by atoms with Gasteiger partial charge >= 0.3 is 0 Å². The molecule has 0 aliphatic heterocycles. The van der Waals surface area contributed by atoms with Crippen molar-refractivity contribution in [2.24, 2.45) is 5.73 Å². The highest BCUT2D eigenvalue weighted by atomic mass is 32.1. The van der Waals surface area contributed by atoms with E-state index in [9.17, 15) is 33.6 Å². The van der Waals surface area contributed by atoms with E-state index in [0.29, 0.717) is 100 Å². The highest BCUT2D eigenvalue weighted by Gasteiger charge is 2.23. The summed E-state index contributed by atoms with van der Waals surface area (Å²) in [5.41, 5.74) is 5.60. The van der Waals surface area contributed by atoms with E-state index < -0.39 is 12.1 Å². The Hall–Kier alpha value is -2.88. The monoisotopic (exact) mass is 870 g/mol. The summed E-state index contributed by atoms with van der Waals surface area (Å²) in [6, 6.07) is -1.59. The van der Waals surface area contributed by atoms with Gasteiger partial charge in [-0.3, -0.25) is 38.4 Å². The number of rotatable bonds is 33. The zero-order valence-electron chi connectivity index (χ0n) is 32.4. The number of amides is 7. The van der Waals surface area contributed by atoms with Crippen LogP contribution in [-0.2, 0) is 38.4 Å². The lowest BCUT2D eigenvalue weighted by atomic mass is 10.1. The normalized spacial score (nSPS) is 11.4. The molecule has 0 radical (unpaired) electrons. The van der Waals surface area contributed by atoms with Gasteiger partial charge in [-0.1, -0.05) is 6.42 Å². The van der Waals surface area contributed by atoms with E-state index in [-0.39, 0.29) is 93.3 Å². The number of carbonyl (C=O) groups is 8. The highest BCUT2D eigenvalue weighted by Crippen LogP contribution is 2.06. The molecule has 0 aromatic heterocycles. The number of nitrogens with two attached hydrogens (primary N) is 1. The van der Waals surface area contributed by atoms with E-state index in [0.717, 1.165) is 12.8 Å². The SMILES string of the molecule is NCCCCCC(=O)N(CCNC(=O)[C@H](CCCCNC(=O)CCS)NC(=O)CCS)CCNC(=O)[C@H](CCCCNC(=O)CCS)NC(=O)CCS.O=CO. The first-order chi connectivity index (χ1) is 26.9. The van der Waals surface area contributed by atoms with E-state index in [1.165, 1.54) is 0 Å². The summed E-state index contributed by atoms with van der Waals surface area (Å²) >= 11 is 16.3. The van der Waals surface area contributed by atoms with Crippen molar-refractivity contribution in [2.75, 3.05) is 68.8 Å². The maximum absolute atomic E-state index is 13.2. The first kappa shape index (κ1) is 55.2. The lowest BCUT2D eigenvalue weighted by Crippen LogP contribution is -2.50. The quantitative estimate of drug-likeness (QED) is 0.0241. The van der Waals surface area contributed by atoms with E-state index in [4.69, 9.17) is 15.6 Å². The van der Waals surface area contributed by atoms with Gasteiger partial charge in [0, 0.05) is 71.4 Å². The molecular weight excluding hydrogens is 805 g/mol. The number of unbranched alkanes of at least 4 members (excludes halogenated alkanes) is 4. The maximum Gasteiger partial charge on any atom is 0.290 e. The Morgan fingerprint density at radius 1 is 0.536 bits per heavy atom. The van der Waals surface area contributed by atoms with Gasteiger partial charge < -0.3 is 47.6 Å². The molecule has 0 aromatic rings. The minimum absolute atomic E-state index is 0.0933. The maximum atomic E-state index is 13.2. The molecule has 324 valence electrons. The summed E-state index contributed by atoms with van der Waals surface area (Å²) in [5.74, 6) is -0.137. The molecule has 0 aliphatic carbocycles. The Kier molecular flexibility index (Phi) is 38.4. The predicted molar refractivity (Wildman–Crippen MR) is 230 cm³/mol. The van der Waals surface area contributed by atoms with Crippen LogP contribution in [0.15, 0.2) is 0 Å². The van der Waals surface area contributed by atoms with Crippen molar-refractivity contribution < 1.29 is 43.5 Å². The van der Waals surface area contributed by atoms with E-state index in [2.05, 4.69) is 82.4 Å². The summed E-state index contributed by atoms with van der Waals surface area (Å²) in [6.07, 6.45) is 6.59. The van der Waals surface area contributed by atoms with Gasteiger partial charge in [-0.25, -0.2) is 0 Å². The summed E-state index contributed by atoms with van der Waals surface area (Å²) in [5, 5.41) is 23.7. The molecule has 0 aromatic carbocycles. The van der Waals surface area contributed by atoms with Crippen molar-refractivity contribution in [3.05, 3.63) is 0 Å². The molecule has 0 saturated carbocycles.